The molecule has 0 bridgehead atoms. The van der Waals surface area contributed by atoms with Gasteiger partial charge < -0.3 is 15.0 Å². The van der Waals surface area contributed by atoms with E-state index in [4.69, 9.17) is 16.3 Å². The van der Waals surface area contributed by atoms with E-state index >= 15 is 0 Å². The van der Waals surface area contributed by atoms with Crippen molar-refractivity contribution in [2.24, 2.45) is 0 Å². The molecule has 8 heteroatoms. The maximum absolute atomic E-state index is 12.8. The summed E-state index contributed by atoms with van der Waals surface area (Å²) >= 11 is 6.03. The Kier molecular flexibility index (Phi) is 5.22. The van der Waals surface area contributed by atoms with Crippen molar-refractivity contribution >= 4 is 29.1 Å². The molecule has 0 spiro atoms. The average molecular weight is 411 g/mol. The van der Waals surface area contributed by atoms with Gasteiger partial charge in [-0.1, -0.05) is 41.9 Å². The van der Waals surface area contributed by atoms with Crippen LogP contribution in [-0.4, -0.2) is 41.7 Å². The lowest BCUT2D eigenvalue weighted by molar-refractivity contribution is -0.120. The molecule has 2 amide bonds. The van der Waals surface area contributed by atoms with Gasteiger partial charge in [0.05, 0.1) is 5.69 Å². The van der Waals surface area contributed by atoms with Crippen molar-refractivity contribution in [1.82, 2.24) is 15.5 Å². The van der Waals surface area contributed by atoms with Crippen LogP contribution in [0.5, 0.6) is 5.75 Å². The number of ether oxygens (including phenoxy) is 1. The Balaban J connectivity index is 1.45. The number of nitrogens with one attached hydrogen (secondary N) is 2. The van der Waals surface area contributed by atoms with Gasteiger partial charge in [0.2, 0.25) is 0 Å². The Morgan fingerprint density at radius 1 is 1.28 bits per heavy atom. The third-order valence-electron chi connectivity index (χ3n) is 4.72. The Bertz CT molecular complexity index is 1050. The van der Waals surface area contributed by atoms with Gasteiger partial charge in [0.15, 0.2) is 0 Å². The predicted octanol–water partition coefficient (Wildman–Crippen LogP) is 2.81. The smallest absolute Gasteiger partial charge is 0.272 e. The second kappa shape index (κ2) is 7.97. The van der Waals surface area contributed by atoms with Crippen LogP contribution in [0.1, 0.15) is 21.7 Å². The zero-order chi connectivity index (χ0) is 20.4. The average Bonchev–Trinajstić information content (AvgIpc) is 3.16. The first-order valence-electron chi connectivity index (χ1n) is 9.10. The lowest BCUT2D eigenvalue weighted by Gasteiger charge is -2.20. The molecule has 3 aromatic rings. The highest BCUT2D eigenvalue weighted by Crippen LogP contribution is 2.33. The standard InChI is InChI=1S/C21H19ClN4O3/c1-26-18-10-14(22)7-8-19(18)29-12-17(21(26)28)23-20(27)16-11-15(24-25-16)9-13-5-3-2-4-6-13/h2-8,10-11,17H,9,12H2,1H3,(H,23,27)(H,24,25)/t17-/m1/s1. The molecule has 0 saturated heterocycles. The van der Waals surface area contributed by atoms with Crippen molar-refractivity contribution in [2.45, 2.75) is 12.5 Å². The summed E-state index contributed by atoms with van der Waals surface area (Å²) in [4.78, 5) is 26.9. The van der Waals surface area contributed by atoms with Gasteiger partial charge >= 0.3 is 0 Å². The minimum atomic E-state index is -0.840. The van der Waals surface area contributed by atoms with Gasteiger partial charge in [-0.25, -0.2) is 0 Å². The van der Waals surface area contributed by atoms with Crippen molar-refractivity contribution in [3.8, 4) is 5.75 Å². The number of hydrogen-bond donors (Lipinski definition) is 2. The van der Waals surface area contributed by atoms with Crippen LogP contribution >= 0.6 is 11.6 Å². The zero-order valence-electron chi connectivity index (χ0n) is 15.7. The van der Waals surface area contributed by atoms with Crippen LogP contribution in [0.2, 0.25) is 5.02 Å². The number of amides is 2. The van der Waals surface area contributed by atoms with E-state index in [1.54, 1.807) is 31.3 Å². The fourth-order valence-corrected chi connectivity index (χ4v) is 3.36. The lowest BCUT2D eigenvalue weighted by Crippen LogP contribution is -2.49. The molecule has 1 atom stereocenters. The van der Waals surface area contributed by atoms with Gasteiger partial charge in [-0.05, 0) is 29.8 Å². The van der Waals surface area contributed by atoms with E-state index in [0.29, 0.717) is 22.9 Å². The quantitative estimate of drug-likeness (QED) is 0.692. The molecular weight excluding hydrogens is 392 g/mol. The Hall–Kier alpha value is -3.32. The molecule has 0 radical (unpaired) electrons. The maximum atomic E-state index is 12.8. The number of rotatable bonds is 4. The van der Waals surface area contributed by atoms with E-state index in [9.17, 15) is 9.59 Å². The number of aromatic amines is 1. The molecule has 2 N–H and O–H groups in total. The molecule has 2 aromatic carbocycles. The van der Waals surface area contributed by atoms with Gasteiger partial charge in [-0.15, -0.1) is 0 Å². The molecular formula is C21H19ClN4O3. The number of carbonyl (C=O) groups excluding carboxylic acids is 2. The first-order chi connectivity index (χ1) is 14.0. The number of fused-ring (bicyclic) bond motifs is 1. The normalized spacial score (nSPS) is 16.0. The van der Waals surface area contributed by atoms with Gasteiger partial charge in [0, 0.05) is 24.2 Å². The summed E-state index contributed by atoms with van der Waals surface area (Å²) in [5.41, 5.74) is 2.69. The minimum Gasteiger partial charge on any atom is -0.489 e. The fourth-order valence-electron chi connectivity index (χ4n) is 3.19. The molecule has 0 saturated carbocycles. The molecule has 1 aliphatic heterocycles. The lowest BCUT2D eigenvalue weighted by atomic mass is 10.1. The minimum absolute atomic E-state index is 0.0187. The Labute approximate surface area is 172 Å². The summed E-state index contributed by atoms with van der Waals surface area (Å²) in [7, 11) is 1.62. The monoisotopic (exact) mass is 410 g/mol. The summed E-state index contributed by atoms with van der Waals surface area (Å²) in [6, 6.07) is 15.8. The topological polar surface area (TPSA) is 87.3 Å². The van der Waals surface area contributed by atoms with E-state index in [2.05, 4.69) is 15.5 Å². The molecule has 1 aliphatic rings. The van der Waals surface area contributed by atoms with Crippen LogP contribution in [0.25, 0.3) is 0 Å². The fraction of sp³-hybridized carbons (Fsp3) is 0.190. The predicted molar refractivity (Wildman–Crippen MR) is 109 cm³/mol. The van der Waals surface area contributed by atoms with Gasteiger partial charge in [-0.3, -0.25) is 14.7 Å². The van der Waals surface area contributed by atoms with Crippen LogP contribution in [0.4, 0.5) is 5.69 Å². The number of H-pyrrole nitrogens is 1. The van der Waals surface area contributed by atoms with Gasteiger partial charge in [0.25, 0.3) is 11.8 Å². The Morgan fingerprint density at radius 2 is 2.07 bits per heavy atom. The zero-order valence-corrected chi connectivity index (χ0v) is 16.4. The van der Waals surface area contributed by atoms with E-state index in [1.165, 1.54) is 4.90 Å². The second-order valence-electron chi connectivity index (χ2n) is 6.79. The number of aromatic nitrogens is 2. The molecule has 4 rings (SSSR count). The van der Waals surface area contributed by atoms with Crippen LogP contribution < -0.4 is 15.0 Å². The number of benzene rings is 2. The molecule has 29 heavy (non-hydrogen) atoms. The number of nitrogens with zero attached hydrogens (tertiary/aromatic N) is 2. The summed E-state index contributed by atoms with van der Waals surface area (Å²) in [5.74, 6) is -0.203. The molecule has 0 aliphatic carbocycles. The second-order valence-corrected chi connectivity index (χ2v) is 7.22. The van der Waals surface area contributed by atoms with Crippen LogP contribution in [0, 0.1) is 0 Å². The highest BCUT2D eigenvalue weighted by Gasteiger charge is 2.31. The van der Waals surface area contributed by atoms with E-state index < -0.39 is 11.9 Å². The first kappa shape index (κ1) is 19.0. The summed E-state index contributed by atoms with van der Waals surface area (Å²) < 4.78 is 5.71. The van der Waals surface area contributed by atoms with Gasteiger partial charge in [-0.2, -0.15) is 5.10 Å². The number of carbonyl (C=O) groups is 2. The molecule has 0 unspecified atom stereocenters. The van der Waals surface area contributed by atoms with Crippen molar-refractivity contribution in [1.29, 1.82) is 0 Å². The largest absolute Gasteiger partial charge is 0.489 e. The number of hydrogen-bond acceptors (Lipinski definition) is 4. The highest BCUT2D eigenvalue weighted by molar-refractivity contribution is 6.31. The van der Waals surface area contributed by atoms with Crippen LogP contribution in [-0.2, 0) is 11.2 Å². The van der Waals surface area contributed by atoms with E-state index in [0.717, 1.165) is 11.3 Å². The van der Waals surface area contributed by atoms with Crippen molar-refractivity contribution in [2.75, 3.05) is 18.6 Å². The molecule has 2 heterocycles. The summed E-state index contributed by atoms with van der Waals surface area (Å²) in [6.45, 7) is 0.0187. The third-order valence-corrected chi connectivity index (χ3v) is 4.96. The Morgan fingerprint density at radius 3 is 2.86 bits per heavy atom. The van der Waals surface area contributed by atoms with E-state index in [-0.39, 0.29) is 18.2 Å². The van der Waals surface area contributed by atoms with Gasteiger partial charge in [0.1, 0.15) is 24.1 Å². The maximum Gasteiger partial charge on any atom is 0.272 e. The number of likely N-dealkylation sites (N-methyl/N-ethyl adjacent to an activating group) is 1. The van der Waals surface area contributed by atoms with Crippen LogP contribution in [0.3, 0.4) is 0 Å². The molecule has 0 fully saturated rings. The summed E-state index contributed by atoms with van der Waals surface area (Å²) in [6.07, 6.45) is 0.630. The third kappa shape index (κ3) is 4.09. The number of halogens is 1. The van der Waals surface area contributed by atoms with Crippen LogP contribution in [0.15, 0.2) is 54.6 Å². The van der Waals surface area contributed by atoms with Crippen molar-refractivity contribution in [3.05, 3.63) is 76.6 Å². The highest BCUT2D eigenvalue weighted by atomic mass is 35.5. The first-order valence-corrected chi connectivity index (χ1v) is 9.48. The molecule has 7 nitrogen and oxygen atoms in total. The number of anilines is 1. The van der Waals surface area contributed by atoms with Crippen molar-refractivity contribution < 1.29 is 14.3 Å². The molecule has 148 valence electrons. The SMILES string of the molecule is CN1C(=O)[C@H](NC(=O)c2cc(Cc3ccccc3)[nH]n2)COc2ccc(Cl)cc21. The summed E-state index contributed by atoms with van der Waals surface area (Å²) in [5, 5.41) is 10.2. The van der Waals surface area contributed by atoms with Crippen molar-refractivity contribution in [3.63, 3.8) is 0 Å². The molecule has 1 aromatic heterocycles. The van der Waals surface area contributed by atoms with E-state index in [1.807, 2.05) is 30.3 Å².